The highest BCUT2D eigenvalue weighted by atomic mass is 35.5. The van der Waals surface area contributed by atoms with E-state index in [1.807, 2.05) is 6.92 Å². The third kappa shape index (κ3) is 8.33. The van der Waals surface area contributed by atoms with Crippen molar-refractivity contribution in [3.8, 4) is 5.75 Å². The molecule has 1 aromatic heterocycles. The molecule has 250 valence electrons. The van der Waals surface area contributed by atoms with Gasteiger partial charge in [0.1, 0.15) is 17.6 Å². The van der Waals surface area contributed by atoms with Gasteiger partial charge in [-0.25, -0.2) is 12.8 Å². The fraction of sp³-hybridized carbons (Fsp3) is 0.387. The zero-order chi connectivity index (χ0) is 31.5. The molecule has 0 aliphatic carbocycles. The molecular weight excluding hydrogens is 662 g/mol. The number of pyridine rings is 1. The third-order valence-electron chi connectivity index (χ3n) is 7.69. The largest absolute Gasteiger partial charge is 0.478 e. The Morgan fingerprint density at radius 1 is 1.07 bits per heavy atom. The molecule has 1 amide bonds. The van der Waals surface area contributed by atoms with Gasteiger partial charge in [0.25, 0.3) is 5.91 Å². The molecule has 15 heteroatoms. The van der Waals surface area contributed by atoms with Crippen LogP contribution in [-0.4, -0.2) is 86.0 Å². The minimum Gasteiger partial charge on any atom is -0.478 e. The molecule has 2 aromatic carbocycles. The van der Waals surface area contributed by atoms with Gasteiger partial charge < -0.3 is 24.8 Å². The fourth-order valence-corrected chi connectivity index (χ4v) is 6.77. The Morgan fingerprint density at radius 2 is 1.74 bits per heavy atom. The van der Waals surface area contributed by atoms with Crippen LogP contribution in [0.2, 0.25) is 0 Å². The van der Waals surface area contributed by atoms with E-state index in [9.17, 15) is 22.4 Å². The van der Waals surface area contributed by atoms with Gasteiger partial charge in [-0.3, -0.25) is 14.6 Å². The first-order chi connectivity index (χ1) is 21.0. The van der Waals surface area contributed by atoms with E-state index in [0.29, 0.717) is 43.2 Å². The number of carbonyl (C=O) groups excluding carboxylic acids is 2. The second-order valence-electron chi connectivity index (χ2n) is 11.0. The average molecular weight is 700 g/mol. The number of carbonyl (C=O) groups is 2. The first-order valence-electron chi connectivity index (χ1n) is 14.3. The summed E-state index contributed by atoms with van der Waals surface area (Å²) in [7, 11) is -3.96. The van der Waals surface area contributed by atoms with Gasteiger partial charge in [0.15, 0.2) is 11.7 Å². The number of rotatable bonds is 10. The predicted octanol–water partition coefficient (Wildman–Crippen LogP) is 3.01. The SMILES string of the molecule is Cc1ccc(OC2(c3ccc(F)cc3)CN(S(=O)(=O)c3cccc(C[C@H](N)C(=O)OC(C)C(=O)N4CCOCC4)c3)C2)cn1.Cl.Cl. The highest BCUT2D eigenvalue weighted by Crippen LogP contribution is 2.40. The molecule has 2 atom stereocenters. The Bertz CT molecular complexity index is 1600. The molecular formula is C31H37Cl2FN4O7S. The van der Waals surface area contributed by atoms with Gasteiger partial charge >= 0.3 is 5.97 Å². The average Bonchev–Trinajstić information content (AvgIpc) is 3.00. The van der Waals surface area contributed by atoms with Gasteiger partial charge in [-0.05, 0) is 67.8 Å². The number of halogens is 3. The predicted molar refractivity (Wildman–Crippen MR) is 172 cm³/mol. The number of morpholine rings is 1. The zero-order valence-corrected chi connectivity index (χ0v) is 27.8. The maximum absolute atomic E-state index is 13.7. The maximum Gasteiger partial charge on any atom is 0.324 e. The number of aromatic nitrogens is 1. The Labute approximate surface area is 280 Å². The molecule has 1 unspecified atom stereocenters. The molecule has 3 heterocycles. The summed E-state index contributed by atoms with van der Waals surface area (Å²) in [5, 5.41) is 0. The van der Waals surface area contributed by atoms with Crippen LogP contribution in [-0.2, 0) is 41.1 Å². The molecule has 5 rings (SSSR count). The summed E-state index contributed by atoms with van der Waals surface area (Å²) in [5.41, 5.74) is 6.99. The first-order valence-corrected chi connectivity index (χ1v) is 15.7. The lowest BCUT2D eigenvalue weighted by molar-refractivity contribution is -0.161. The van der Waals surface area contributed by atoms with E-state index in [-0.39, 0.29) is 55.1 Å². The molecule has 3 aromatic rings. The number of nitrogens with zero attached hydrogens (tertiary/aromatic N) is 3. The van der Waals surface area contributed by atoms with Crippen LogP contribution in [0.15, 0.2) is 71.8 Å². The van der Waals surface area contributed by atoms with E-state index in [0.717, 1.165) is 5.69 Å². The van der Waals surface area contributed by atoms with Gasteiger partial charge in [-0.15, -0.1) is 24.8 Å². The summed E-state index contributed by atoms with van der Waals surface area (Å²) in [6.45, 7) is 5.00. The summed E-state index contributed by atoms with van der Waals surface area (Å²) in [6, 6.07) is 14.4. The second kappa shape index (κ2) is 15.5. The van der Waals surface area contributed by atoms with Crippen molar-refractivity contribution in [1.82, 2.24) is 14.2 Å². The normalized spacial score (nSPS) is 17.3. The van der Waals surface area contributed by atoms with Gasteiger partial charge in [-0.2, -0.15) is 4.31 Å². The first kappa shape index (κ1) is 37.1. The smallest absolute Gasteiger partial charge is 0.324 e. The fourth-order valence-electron chi connectivity index (χ4n) is 5.17. The van der Waals surface area contributed by atoms with Crippen molar-refractivity contribution in [2.75, 3.05) is 39.4 Å². The highest BCUT2D eigenvalue weighted by molar-refractivity contribution is 7.89. The van der Waals surface area contributed by atoms with Crippen LogP contribution in [0, 0.1) is 12.7 Å². The molecule has 2 aliphatic rings. The van der Waals surface area contributed by atoms with Crippen LogP contribution >= 0.6 is 24.8 Å². The summed E-state index contributed by atoms with van der Waals surface area (Å²) >= 11 is 0. The van der Waals surface area contributed by atoms with Crippen molar-refractivity contribution in [3.63, 3.8) is 0 Å². The van der Waals surface area contributed by atoms with Gasteiger partial charge in [-0.1, -0.05) is 24.3 Å². The number of hydrogen-bond donors (Lipinski definition) is 1. The molecule has 2 saturated heterocycles. The van der Waals surface area contributed by atoms with Gasteiger partial charge in [0, 0.05) is 18.8 Å². The monoisotopic (exact) mass is 698 g/mol. The van der Waals surface area contributed by atoms with E-state index in [1.54, 1.807) is 47.5 Å². The van der Waals surface area contributed by atoms with Crippen LogP contribution < -0.4 is 10.5 Å². The number of amides is 1. The van der Waals surface area contributed by atoms with E-state index in [2.05, 4.69) is 4.98 Å². The summed E-state index contributed by atoms with van der Waals surface area (Å²) in [6.07, 6.45) is 0.558. The third-order valence-corrected chi connectivity index (χ3v) is 9.48. The summed E-state index contributed by atoms with van der Waals surface area (Å²) in [4.78, 5) is 31.1. The lowest BCUT2D eigenvalue weighted by Crippen LogP contribution is -2.64. The van der Waals surface area contributed by atoms with E-state index >= 15 is 0 Å². The van der Waals surface area contributed by atoms with E-state index in [4.69, 9.17) is 19.9 Å². The quantitative estimate of drug-likeness (QED) is 0.316. The Kier molecular flexibility index (Phi) is 12.5. The lowest BCUT2D eigenvalue weighted by atomic mass is 9.87. The van der Waals surface area contributed by atoms with Crippen molar-refractivity contribution in [3.05, 3.63) is 89.5 Å². The molecule has 0 radical (unpaired) electrons. The number of aryl methyl sites for hydroxylation is 1. The van der Waals surface area contributed by atoms with Gasteiger partial charge in [0.05, 0.1) is 37.4 Å². The molecule has 2 fully saturated rings. The molecule has 2 N–H and O–H groups in total. The number of nitrogens with two attached hydrogens (primary N) is 1. The second-order valence-corrected chi connectivity index (χ2v) is 12.9. The molecule has 0 saturated carbocycles. The van der Waals surface area contributed by atoms with Gasteiger partial charge in [0.2, 0.25) is 10.0 Å². The number of ether oxygens (including phenoxy) is 3. The number of esters is 1. The van der Waals surface area contributed by atoms with Crippen LogP contribution in [0.4, 0.5) is 4.39 Å². The van der Waals surface area contributed by atoms with Crippen LogP contribution in [0.5, 0.6) is 5.75 Å². The summed E-state index contributed by atoms with van der Waals surface area (Å²) in [5.74, 6) is -1.04. The van der Waals surface area contributed by atoms with Crippen molar-refractivity contribution >= 4 is 46.7 Å². The standard InChI is InChI=1S/C31H35FN4O7S.2ClH/c1-21-6-11-26(18-34-21)43-31(24-7-9-25(32)10-8-24)19-36(20-31)44(39,40)27-5-3-4-23(16-27)17-28(33)30(38)42-22(2)29(37)35-12-14-41-15-13-35;;/h3-11,16,18,22,28H,12-15,17,19-20,33H2,1-2H3;2*1H/t22?,28-;;/m0../s1. The minimum absolute atomic E-state index is 0. The summed E-state index contributed by atoms with van der Waals surface area (Å²) < 4.78 is 59.1. The molecule has 11 nitrogen and oxygen atoms in total. The van der Waals surface area contributed by atoms with Crippen LogP contribution in [0.3, 0.4) is 0 Å². The topological polar surface area (TPSA) is 141 Å². The lowest BCUT2D eigenvalue weighted by Gasteiger charge is -2.48. The van der Waals surface area contributed by atoms with Crippen LogP contribution in [0.1, 0.15) is 23.7 Å². The van der Waals surface area contributed by atoms with Crippen LogP contribution in [0.25, 0.3) is 0 Å². The number of sulfonamides is 1. The van der Waals surface area contributed by atoms with E-state index < -0.39 is 39.6 Å². The number of benzene rings is 2. The van der Waals surface area contributed by atoms with E-state index in [1.165, 1.54) is 35.5 Å². The molecule has 0 spiro atoms. The Balaban J connectivity index is 0.00000288. The van der Waals surface area contributed by atoms with Crippen molar-refractivity contribution in [2.45, 2.75) is 42.9 Å². The number of hydrogen-bond acceptors (Lipinski definition) is 9. The zero-order valence-electron chi connectivity index (χ0n) is 25.3. The highest BCUT2D eigenvalue weighted by Gasteiger charge is 2.52. The molecule has 2 aliphatic heterocycles. The Morgan fingerprint density at radius 3 is 2.37 bits per heavy atom. The Hall–Kier alpha value is -3.33. The minimum atomic E-state index is -3.96. The van der Waals surface area contributed by atoms with Crippen molar-refractivity contribution in [2.24, 2.45) is 5.73 Å². The maximum atomic E-state index is 13.7. The van der Waals surface area contributed by atoms with Crippen molar-refractivity contribution < 1.29 is 36.6 Å². The molecule has 0 bridgehead atoms. The van der Waals surface area contributed by atoms with Crippen molar-refractivity contribution in [1.29, 1.82) is 0 Å². The molecule has 46 heavy (non-hydrogen) atoms.